The minimum absolute atomic E-state index is 0.824. The lowest BCUT2D eigenvalue weighted by Crippen LogP contribution is -2.14. The fourth-order valence-corrected chi connectivity index (χ4v) is 2.25. The summed E-state index contributed by atoms with van der Waals surface area (Å²) in [4.78, 5) is 2.18. The molecular formula is C12H14N4. The number of nitrogens with zero attached hydrogens (tertiary/aromatic N) is 3. The fourth-order valence-electron chi connectivity index (χ4n) is 2.25. The van der Waals surface area contributed by atoms with Crippen molar-refractivity contribution in [2.75, 3.05) is 17.3 Å². The van der Waals surface area contributed by atoms with Gasteiger partial charge in [0.1, 0.15) is 5.82 Å². The molecule has 0 saturated carbocycles. The number of anilines is 3. The first-order chi connectivity index (χ1) is 7.77. The molecule has 0 aliphatic carbocycles. The van der Waals surface area contributed by atoms with Gasteiger partial charge in [0.25, 0.3) is 0 Å². The number of aromatic nitrogens is 2. The van der Waals surface area contributed by atoms with Crippen LogP contribution in [-0.4, -0.2) is 16.8 Å². The molecule has 0 fully saturated rings. The van der Waals surface area contributed by atoms with Gasteiger partial charge in [0, 0.05) is 26.2 Å². The summed E-state index contributed by atoms with van der Waals surface area (Å²) in [5.41, 5.74) is 3.58. The molecule has 1 aliphatic rings. The maximum atomic E-state index is 4.30. The van der Waals surface area contributed by atoms with E-state index in [-0.39, 0.29) is 0 Å². The van der Waals surface area contributed by atoms with Crippen LogP contribution in [0.15, 0.2) is 30.5 Å². The van der Waals surface area contributed by atoms with Crippen molar-refractivity contribution >= 4 is 17.2 Å². The molecule has 1 N–H and O–H groups in total. The zero-order valence-corrected chi connectivity index (χ0v) is 9.44. The lowest BCUT2D eigenvalue weighted by molar-refractivity contribution is 0.760. The van der Waals surface area contributed by atoms with Gasteiger partial charge in [-0.15, -0.1) is 0 Å². The Morgan fingerprint density at radius 2 is 2.06 bits per heavy atom. The van der Waals surface area contributed by atoms with E-state index in [9.17, 15) is 0 Å². The van der Waals surface area contributed by atoms with Gasteiger partial charge in [0.05, 0.1) is 17.6 Å². The van der Waals surface area contributed by atoms with Crippen molar-refractivity contribution in [2.45, 2.75) is 6.54 Å². The van der Waals surface area contributed by atoms with Gasteiger partial charge >= 0.3 is 0 Å². The summed E-state index contributed by atoms with van der Waals surface area (Å²) in [7, 11) is 4.05. The second kappa shape index (κ2) is 3.27. The minimum atomic E-state index is 0.824. The molecule has 0 unspecified atom stereocenters. The fraction of sp³-hybridized carbons (Fsp3) is 0.250. The van der Waals surface area contributed by atoms with Crippen LogP contribution in [0.1, 0.15) is 5.56 Å². The van der Waals surface area contributed by atoms with Crippen LogP contribution in [0.25, 0.3) is 0 Å². The Kier molecular flexibility index (Phi) is 1.89. The molecule has 0 amide bonds. The zero-order valence-electron chi connectivity index (χ0n) is 9.44. The van der Waals surface area contributed by atoms with Crippen molar-refractivity contribution in [1.29, 1.82) is 0 Å². The van der Waals surface area contributed by atoms with E-state index in [4.69, 9.17) is 0 Å². The number of hydrogen-bond acceptors (Lipinski definition) is 3. The lowest BCUT2D eigenvalue weighted by Gasteiger charge is -2.20. The van der Waals surface area contributed by atoms with Crippen molar-refractivity contribution < 1.29 is 0 Å². The number of rotatable bonds is 0. The third kappa shape index (κ3) is 1.19. The summed E-state index contributed by atoms with van der Waals surface area (Å²) in [6.07, 6.45) is 1.92. The molecule has 0 bridgehead atoms. The van der Waals surface area contributed by atoms with Crippen LogP contribution in [0, 0.1) is 0 Å². The zero-order chi connectivity index (χ0) is 11.1. The van der Waals surface area contributed by atoms with E-state index in [0.717, 1.165) is 12.4 Å². The topological polar surface area (TPSA) is 33.1 Å². The van der Waals surface area contributed by atoms with Crippen molar-refractivity contribution in [3.63, 3.8) is 0 Å². The van der Waals surface area contributed by atoms with Crippen LogP contribution in [0.4, 0.5) is 17.2 Å². The number of para-hydroxylation sites is 2. The Bertz CT molecular complexity index is 530. The Labute approximate surface area is 94.5 Å². The van der Waals surface area contributed by atoms with E-state index in [1.807, 2.05) is 24.0 Å². The summed E-state index contributed by atoms with van der Waals surface area (Å²) >= 11 is 0. The Balaban J connectivity index is 2.20. The highest BCUT2D eigenvalue weighted by atomic mass is 15.4. The number of fused-ring (bicyclic) bond motifs is 2. The second-order valence-electron chi connectivity index (χ2n) is 4.05. The number of aryl methyl sites for hydroxylation is 1. The van der Waals surface area contributed by atoms with E-state index in [1.165, 1.54) is 16.9 Å². The predicted molar refractivity (Wildman–Crippen MR) is 65.0 cm³/mol. The summed E-state index contributed by atoms with van der Waals surface area (Å²) in [6.45, 7) is 0.824. The first kappa shape index (κ1) is 9.27. The third-order valence-electron chi connectivity index (χ3n) is 3.03. The standard InChI is InChI=1S/C12H14N4/c1-15-11-6-4-3-5-10(11)13-7-9-8-14-16(2)12(9)15/h3-6,8,13H,7H2,1-2H3. The molecule has 16 heavy (non-hydrogen) atoms. The van der Waals surface area contributed by atoms with Crippen molar-refractivity contribution in [3.8, 4) is 0 Å². The number of nitrogens with one attached hydrogen (secondary N) is 1. The van der Waals surface area contributed by atoms with Crippen LogP contribution < -0.4 is 10.2 Å². The molecule has 0 atom stereocenters. The summed E-state index contributed by atoms with van der Waals surface area (Å²) in [5.74, 6) is 1.15. The first-order valence-corrected chi connectivity index (χ1v) is 5.35. The maximum absolute atomic E-state index is 4.30. The first-order valence-electron chi connectivity index (χ1n) is 5.35. The van der Waals surface area contributed by atoms with E-state index in [2.05, 4.69) is 40.6 Å². The van der Waals surface area contributed by atoms with Crippen LogP contribution in [-0.2, 0) is 13.6 Å². The van der Waals surface area contributed by atoms with Gasteiger partial charge < -0.3 is 10.2 Å². The van der Waals surface area contributed by atoms with Crippen LogP contribution in [0.2, 0.25) is 0 Å². The predicted octanol–water partition coefficient (Wildman–Crippen LogP) is 2.11. The van der Waals surface area contributed by atoms with Crippen LogP contribution in [0.3, 0.4) is 0 Å². The molecular weight excluding hydrogens is 200 g/mol. The van der Waals surface area contributed by atoms with E-state index >= 15 is 0 Å². The smallest absolute Gasteiger partial charge is 0.135 e. The van der Waals surface area contributed by atoms with Crippen LogP contribution in [0.5, 0.6) is 0 Å². The van der Waals surface area contributed by atoms with E-state index in [1.54, 1.807) is 0 Å². The van der Waals surface area contributed by atoms with E-state index in [0.29, 0.717) is 0 Å². The number of hydrogen-bond donors (Lipinski definition) is 1. The SMILES string of the molecule is CN1c2ccccc2NCc2cnn(C)c21. The van der Waals surface area contributed by atoms with Gasteiger partial charge in [-0.25, -0.2) is 0 Å². The van der Waals surface area contributed by atoms with Gasteiger partial charge in [-0.2, -0.15) is 5.10 Å². The van der Waals surface area contributed by atoms with E-state index < -0.39 is 0 Å². The quantitative estimate of drug-likeness (QED) is 0.729. The molecule has 1 aromatic carbocycles. The molecule has 0 radical (unpaired) electrons. The van der Waals surface area contributed by atoms with Gasteiger partial charge in [-0.3, -0.25) is 4.68 Å². The summed E-state index contributed by atoms with van der Waals surface area (Å²) < 4.78 is 1.92. The average molecular weight is 214 g/mol. The second-order valence-corrected chi connectivity index (χ2v) is 4.05. The molecule has 82 valence electrons. The van der Waals surface area contributed by atoms with Crippen molar-refractivity contribution in [1.82, 2.24) is 9.78 Å². The molecule has 4 heteroatoms. The minimum Gasteiger partial charge on any atom is -0.379 e. The summed E-state index contributed by atoms with van der Waals surface area (Å²) in [6, 6.07) is 8.32. The lowest BCUT2D eigenvalue weighted by atomic mass is 10.2. The third-order valence-corrected chi connectivity index (χ3v) is 3.03. The Morgan fingerprint density at radius 1 is 1.25 bits per heavy atom. The molecule has 1 aromatic heterocycles. The van der Waals surface area contributed by atoms with Gasteiger partial charge in [0.2, 0.25) is 0 Å². The Hall–Kier alpha value is -1.97. The molecule has 4 nitrogen and oxygen atoms in total. The molecule has 3 rings (SSSR count). The highest BCUT2D eigenvalue weighted by Crippen LogP contribution is 2.35. The largest absolute Gasteiger partial charge is 0.379 e. The van der Waals surface area contributed by atoms with Crippen molar-refractivity contribution in [2.24, 2.45) is 7.05 Å². The highest BCUT2D eigenvalue weighted by molar-refractivity contribution is 5.78. The number of benzene rings is 1. The maximum Gasteiger partial charge on any atom is 0.135 e. The molecule has 0 spiro atoms. The van der Waals surface area contributed by atoms with Crippen molar-refractivity contribution in [3.05, 3.63) is 36.0 Å². The molecule has 2 heterocycles. The highest BCUT2D eigenvalue weighted by Gasteiger charge is 2.19. The monoisotopic (exact) mass is 214 g/mol. The molecule has 0 saturated heterocycles. The van der Waals surface area contributed by atoms with Gasteiger partial charge in [-0.1, -0.05) is 12.1 Å². The molecule has 2 aromatic rings. The van der Waals surface area contributed by atoms with Gasteiger partial charge in [0.15, 0.2) is 0 Å². The van der Waals surface area contributed by atoms with Gasteiger partial charge in [-0.05, 0) is 12.1 Å². The Morgan fingerprint density at radius 3 is 2.94 bits per heavy atom. The van der Waals surface area contributed by atoms with Crippen LogP contribution >= 0.6 is 0 Å². The molecule has 1 aliphatic heterocycles. The average Bonchev–Trinajstić information content (AvgIpc) is 2.60. The normalized spacial score (nSPS) is 13.8. The summed E-state index contributed by atoms with van der Waals surface area (Å²) in [5, 5.41) is 7.73.